The maximum Gasteiger partial charge on any atom is 0.264 e. The Labute approximate surface area is 168 Å². The smallest absolute Gasteiger partial charge is 0.264 e. The van der Waals surface area contributed by atoms with Gasteiger partial charge in [0.25, 0.3) is 11.8 Å². The van der Waals surface area contributed by atoms with Gasteiger partial charge in [-0.15, -0.1) is 11.3 Å². The second kappa shape index (κ2) is 9.50. The molecule has 2 N–H and O–H groups in total. The summed E-state index contributed by atoms with van der Waals surface area (Å²) in [6.07, 6.45) is 2.54. The van der Waals surface area contributed by atoms with Crippen molar-refractivity contribution in [2.75, 3.05) is 13.1 Å². The van der Waals surface area contributed by atoms with Crippen molar-refractivity contribution in [2.24, 2.45) is 0 Å². The van der Waals surface area contributed by atoms with E-state index in [-0.39, 0.29) is 17.7 Å². The Morgan fingerprint density at radius 1 is 1.11 bits per heavy atom. The number of rotatable bonds is 6. The van der Waals surface area contributed by atoms with Crippen LogP contribution in [0.25, 0.3) is 0 Å². The summed E-state index contributed by atoms with van der Waals surface area (Å²) in [6.45, 7) is 3.43. The predicted octanol–water partition coefficient (Wildman–Crippen LogP) is 2.81. The first-order valence-electron chi connectivity index (χ1n) is 9.59. The van der Waals surface area contributed by atoms with Crippen LogP contribution < -0.4 is 10.6 Å². The van der Waals surface area contributed by atoms with E-state index in [9.17, 15) is 14.4 Å². The fourth-order valence-corrected chi connectivity index (χ4v) is 4.01. The van der Waals surface area contributed by atoms with E-state index in [2.05, 4.69) is 10.6 Å². The first-order valence-corrected chi connectivity index (χ1v) is 10.5. The van der Waals surface area contributed by atoms with Crippen LogP contribution in [0.3, 0.4) is 0 Å². The monoisotopic (exact) mass is 399 g/mol. The van der Waals surface area contributed by atoms with Gasteiger partial charge in [-0.25, -0.2) is 0 Å². The molecule has 1 aliphatic rings. The highest BCUT2D eigenvalue weighted by molar-refractivity contribution is 7.12. The molecule has 0 bridgehead atoms. The van der Waals surface area contributed by atoms with Gasteiger partial charge in [-0.3, -0.25) is 14.4 Å². The molecule has 2 aromatic rings. The van der Waals surface area contributed by atoms with E-state index < -0.39 is 6.04 Å². The number of carbonyl (C=O) groups excluding carboxylic acids is 3. The van der Waals surface area contributed by atoms with Crippen molar-refractivity contribution < 1.29 is 14.4 Å². The standard InChI is InChI=1S/C21H25N3O3S/c1-2-22-19(25)16-10-8-15(9-11-16)14-23-20(26)17-6-3-4-12-24(17)21(27)18-7-5-13-28-18/h5,7-11,13,17H,2-4,6,12,14H2,1H3,(H,22,25)(H,23,26). The van der Waals surface area contributed by atoms with Gasteiger partial charge in [0.05, 0.1) is 4.88 Å². The molecular formula is C21H25N3O3S. The Morgan fingerprint density at radius 3 is 2.57 bits per heavy atom. The van der Waals surface area contributed by atoms with Gasteiger partial charge in [0, 0.05) is 25.2 Å². The average Bonchev–Trinajstić information content (AvgIpc) is 3.27. The van der Waals surface area contributed by atoms with Crippen LogP contribution in [0.2, 0.25) is 0 Å². The van der Waals surface area contributed by atoms with Gasteiger partial charge in [-0.1, -0.05) is 18.2 Å². The van der Waals surface area contributed by atoms with Crippen molar-refractivity contribution in [1.29, 1.82) is 0 Å². The molecule has 1 atom stereocenters. The third kappa shape index (κ3) is 4.78. The summed E-state index contributed by atoms with van der Waals surface area (Å²) in [4.78, 5) is 39.6. The molecule has 28 heavy (non-hydrogen) atoms. The first-order chi connectivity index (χ1) is 13.6. The number of piperidine rings is 1. The molecule has 1 aliphatic heterocycles. The summed E-state index contributed by atoms with van der Waals surface area (Å²) < 4.78 is 0. The lowest BCUT2D eigenvalue weighted by Crippen LogP contribution is -2.51. The molecule has 0 spiro atoms. The van der Waals surface area contributed by atoms with Crippen LogP contribution in [-0.4, -0.2) is 41.8 Å². The van der Waals surface area contributed by atoms with Crippen molar-refractivity contribution >= 4 is 29.1 Å². The minimum absolute atomic E-state index is 0.0684. The van der Waals surface area contributed by atoms with E-state index in [4.69, 9.17) is 0 Å². The molecule has 1 unspecified atom stereocenters. The minimum atomic E-state index is -0.432. The zero-order valence-electron chi connectivity index (χ0n) is 15.9. The number of benzene rings is 1. The Kier molecular flexibility index (Phi) is 6.81. The fourth-order valence-electron chi connectivity index (χ4n) is 3.33. The lowest BCUT2D eigenvalue weighted by Gasteiger charge is -2.34. The van der Waals surface area contributed by atoms with Crippen LogP contribution in [0.5, 0.6) is 0 Å². The van der Waals surface area contributed by atoms with Gasteiger partial charge in [0.15, 0.2) is 0 Å². The maximum atomic E-state index is 12.8. The normalized spacial score (nSPS) is 16.5. The Balaban J connectivity index is 1.60. The summed E-state index contributed by atoms with van der Waals surface area (Å²) >= 11 is 1.40. The summed E-state index contributed by atoms with van der Waals surface area (Å²) in [6, 6.07) is 10.4. The highest BCUT2D eigenvalue weighted by atomic mass is 32.1. The molecule has 1 saturated heterocycles. The highest BCUT2D eigenvalue weighted by Gasteiger charge is 2.32. The van der Waals surface area contributed by atoms with Crippen molar-refractivity contribution in [3.8, 4) is 0 Å². The lowest BCUT2D eigenvalue weighted by atomic mass is 10.0. The molecular weight excluding hydrogens is 374 g/mol. The Morgan fingerprint density at radius 2 is 1.89 bits per heavy atom. The Hall–Kier alpha value is -2.67. The summed E-state index contributed by atoms with van der Waals surface area (Å²) in [5.41, 5.74) is 1.50. The molecule has 1 aromatic carbocycles. The van der Waals surface area contributed by atoms with Crippen LogP contribution in [-0.2, 0) is 11.3 Å². The molecule has 0 radical (unpaired) electrons. The summed E-state index contributed by atoms with van der Waals surface area (Å²) in [5, 5.41) is 7.57. The third-order valence-electron chi connectivity index (χ3n) is 4.82. The van der Waals surface area contributed by atoms with Crippen molar-refractivity contribution in [1.82, 2.24) is 15.5 Å². The lowest BCUT2D eigenvalue weighted by molar-refractivity contribution is -0.126. The molecule has 7 heteroatoms. The Bertz CT molecular complexity index is 818. The van der Waals surface area contributed by atoms with Gasteiger partial charge >= 0.3 is 0 Å². The summed E-state index contributed by atoms with van der Waals surface area (Å²) in [7, 11) is 0. The van der Waals surface area contributed by atoms with Crippen molar-refractivity contribution in [3.63, 3.8) is 0 Å². The van der Waals surface area contributed by atoms with Gasteiger partial charge < -0.3 is 15.5 Å². The number of thiophene rings is 1. The molecule has 3 rings (SSSR count). The highest BCUT2D eigenvalue weighted by Crippen LogP contribution is 2.22. The first kappa shape index (κ1) is 20.1. The van der Waals surface area contributed by atoms with Crippen LogP contribution in [0.4, 0.5) is 0 Å². The third-order valence-corrected chi connectivity index (χ3v) is 5.68. The van der Waals surface area contributed by atoms with Crippen molar-refractivity contribution in [2.45, 2.75) is 38.8 Å². The van der Waals surface area contributed by atoms with E-state index in [1.165, 1.54) is 11.3 Å². The number of carbonyl (C=O) groups is 3. The van der Waals surface area contributed by atoms with Crippen LogP contribution in [0, 0.1) is 0 Å². The molecule has 1 aromatic heterocycles. The SMILES string of the molecule is CCNC(=O)c1ccc(CNC(=O)C2CCCCN2C(=O)c2cccs2)cc1. The number of nitrogens with one attached hydrogen (secondary N) is 2. The molecule has 2 heterocycles. The minimum Gasteiger partial charge on any atom is -0.352 e. The average molecular weight is 400 g/mol. The largest absolute Gasteiger partial charge is 0.352 e. The number of hydrogen-bond acceptors (Lipinski definition) is 4. The van der Waals surface area contributed by atoms with Crippen LogP contribution >= 0.6 is 11.3 Å². The summed E-state index contributed by atoms with van der Waals surface area (Å²) in [5.74, 6) is -0.304. The zero-order valence-corrected chi connectivity index (χ0v) is 16.8. The van der Waals surface area contributed by atoms with Crippen LogP contribution in [0.1, 0.15) is 51.8 Å². The topological polar surface area (TPSA) is 78.5 Å². The maximum absolute atomic E-state index is 12.8. The number of likely N-dealkylation sites (tertiary alicyclic amines) is 1. The van der Waals surface area contributed by atoms with Gasteiger partial charge in [-0.05, 0) is 55.3 Å². The van der Waals surface area contributed by atoms with E-state index >= 15 is 0 Å². The van der Waals surface area contributed by atoms with Gasteiger partial charge in [0.1, 0.15) is 6.04 Å². The van der Waals surface area contributed by atoms with E-state index in [0.29, 0.717) is 36.5 Å². The van der Waals surface area contributed by atoms with E-state index in [1.54, 1.807) is 23.1 Å². The molecule has 0 saturated carbocycles. The number of nitrogens with zero attached hydrogens (tertiary/aromatic N) is 1. The predicted molar refractivity (Wildman–Crippen MR) is 109 cm³/mol. The number of hydrogen-bond donors (Lipinski definition) is 2. The second-order valence-electron chi connectivity index (χ2n) is 6.76. The van der Waals surface area contributed by atoms with E-state index in [1.807, 2.05) is 30.5 Å². The molecule has 6 nitrogen and oxygen atoms in total. The van der Waals surface area contributed by atoms with E-state index in [0.717, 1.165) is 18.4 Å². The molecule has 148 valence electrons. The van der Waals surface area contributed by atoms with Gasteiger partial charge in [-0.2, -0.15) is 0 Å². The van der Waals surface area contributed by atoms with Crippen LogP contribution in [0.15, 0.2) is 41.8 Å². The second-order valence-corrected chi connectivity index (χ2v) is 7.71. The zero-order chi connectivity index (χ0) is 19.9. The van der Waals surface area contributed by atoms with Gasteiger partial charge in [0.2, 0.25) is 5.91 Å². The molecule has 3 amide bonds. The molecule has 0 aliphatic carbocycles. The number of amides is 3. The molecule has 1 fully saturated rings. The van der Waals surface area contributed by atoms with Crippen molar-refractivity contribution in [3.05, 3.63) is 57.8 Å². The fraction of sp³-hybridized carbons (Fsp3) is 0.381. The quantitative estimate of drug-likeness (QED) is 0.784.